The lowest BCUT2D eigenvalue weighted by molar-refractivity contribution is -0.128. The van der Waals surface area contributed by atoms with Gasteiger partial charge >= 0.3 is 0 Å². The standard InChI is InChI=1S/C18H23N3O7S2/c1-21(12-5-6-30(23,24)10-12)15(22)9-29-18-20-19-17(28-18)11-7-13(25-2)16(27-4)14(8-11)26-3/h7-8,12H,5-6,9-10H2,1-4H3/t12-/m0/s1. The van der Waals surface area contributed by atoms with Gasteiger partial charge in [-0.15, -0.1) is 10.2 Å². The summed E-state index contributed by atoms with van der Waals surface area (Å²) < 4.78 is 44.8. The molecule has 12 heteroatoms. The van der Waals surface area contributed by atoms with Crippen LogP contribution in [0.25, 0.3) is 11.5 Å². The molecule has 3 rings (SSSR count). The SMILES string of the molecule is COc1cc(-c2nnc(SCC(=O)N(C)[C@H]3CCS(=O)(=O)C3)o2)cc(OC)c1OC. The maximum atomic E-state index is 12.4. The summed E-state index contributed by atoms with van der Waals surface area (Å²) in [6.45, 7) is 0. The van der Waals surface area contributed by atoms with E-state index < -0.39 is 9.84 Å². The average molecular weight is 458 g/mol. The molecule has 0 aliphatic carbocycles. The number of benzene rings is 1. The van der Waals surface area contributed by atoms with E-state index in [-0.39, 0.29) is 40.3 Å². The monoisotopic (exact) mass is 457 g/mol. The highest BCUT2D eigenvalue weighted by Crippen LogP contribution is 2.41. The van der Waals surface area contributed by atoms with E-state index in [4.69, 9.17) is 18.6 Å². The molecule has 0 bridgehead atoms. The number of carbonyl (C=O) groups excluding carboxylic acids is 1. The van der Waals surface area contributed by atoms with Gasteiger partial charge in [-0.3, -0.25) is 4.79 Å². The normalized spacial score (nSPS) is 17.5. The van der Waals surface area contributed by atoms with Gasteiger partial charge in [0.2, 0.25) is 17.5 Å². The molecule has 2 heterocycles. The third-order valence-corrected chi connectivity index (χ3v) is 7.34. The van der Waals surface area contributed by atoms with Crippen molar-refractivity contribution in [2.24, 2.45) is 0 Å². The second-order valence-corrected chi connectivity index (χ2v) is 9.79. The van der Waals surface area contributed by atoms with Crippen LogP contribution >= 0.6 is 11.8 Å². The van der Waals surface area contributed by atoms with Gasteiger partial charge in [-0.25, -0.2) is 8.42 Å². The van der Waals surface area contributed by atoms with Crippen LogP contribution in [0, 0.1) is 0 Å². The number of hydrogen-bond acceptors (Lipinski definition) is 10. The zero-order valence-electron chi connectivity index (χ0n) is 17.1. The molecule has 1 aliphatic rings. The minimum atomic E-state index is -3.06. The van der Waals surface area contributed by atoms with Crippen molar-refractivity contribution in [2.75, 3.05) is 45.6 Å². The fourth-order valence-corrected chi connectivity index (χ4v) is 5.56. The first-order valence-corrected chi connectivity index (χ1v) is 11.8. The van der Waals surface area contributed by atoms with Crippen molar-refractivity contribution < 1.29 is 31.8 Å². The molecule has 1 fully saturated rings. The molecule has 1 amide bonds. The maximum Gasteiger partial charge on any atom is 0.277 e. The fraction of sp³-hybridized carbons (Fsp3) is 0.500. The minimum absolute atomic E-state index is 0.00570. The van der Waals surface area contributed by atoms with Gasteiger partial charge in [0.1, 0.15) is 0 Å². The van der Waals surface area contributed by atoms with Crippen LogP contribution < -0.4 is 14.2 Å². The first-order valence-electron chi connectivity index (χ1n) is 9.00. The average Bonchev–Trinajstić information content (AvgIpc) is 3.36. The number of rotatable bonds is 8. The van der Waals surface area contributed by atoms with Crippen LogP contribution in [0.1, 0.15) is 6.42 Å². The van der Waals surface area contributed by atoms with Crippen LogP contribution in [-0.2, 0) is 14.6 Å². The van der Waals surface area contributed by atoms with E-state index in [0.29, 0.717) is 29.2 Å². The number of ether oxygens (including phenoxy) is 3. The van der Waals surface area contributed by atoms with Crippen molar-refractivity contribution in [3.63, 3.8) is 0 Å². The van der Waals surface area contributed by atoms with E-state index >= 15 is 0 Å². The Morgan fingerprint density at radius 2 is 1.87 bits per heavy atom. The lowest BCUT2D eigenvalue weighted by Gasteiger charge is -2.22. The van der Waals surface area contributed by atoms with E-state index in [1.807, 2.05) is 0 Å². The molecular weight excluding hydrogens is 434 g/mol. The van der Waals surface area contributed by atoms with Crippen LogP contribution in [0.4, 0.5) is 0 Å². The van der Waals surface area contributed by atoms with Crippen molar-refractivity contribution in [3.05, 3.63) is 12.1 Å². The smallest absolute Gasteiger partial charge is 0.277 e. The Balaban J connectivity index is 1.68. The second-order valence-electron chi connectivity index (χ2n) is 6.64. The molecule has 1 aromatic carbocycles. The molecule has 10 nitrogen and oxygen atoms in total. The van der Waals surface area contributed by atoms with Crippen molar-refractivity contribution >= 4 is 27.5 Å². The lowest BCUT2D eigenvalue weighted by Crippen LogP contribution is -2.38. The Hall–Kier alpha value is -2.47. The lowest BCUT2D eigenvalue weighted by atomic mass is 10.2. The zero-order chi connectivity index (χ0) is 21.9. The Morgan fingerprint density at radius 1 is 1.20 bits per heavy atom. The van der Waals surface area contributed by atoms with Crippen LogP contribution in [0.5, 0.6) is 17.2 Å². The predicted octanol–water partition coefficient (Wildman–Crippen LogP) is 1.50. The summed E-state index contributed by atoms with van der Waals surface area (Å²) in [5, 5.41) is 8.21. The van der Waals surface area contributed by atoms with Gasteiger partial charge in [0.25, 0.3) is 5.22 Å². The fourth-order valence-electron chi connectivity index (χ4n) is 3.10. The molecule has 0 N–H and O–H groups in total. The third-order valence-electron chi connectivity index (χ3n) is 4.79. The molecule has 1 aliphatic heterocycles. The summed E-state index contributed by atoms with van der Waals surface area (Å²) in [5.74, 6) is 1.56. The molecule has 0 radical (unpaired) electrons. The number of aromatic nitrogens is 2. The Kier molecular flexibility index (Phi) is 6.76. The van der Waals surface area contributed by atoms with Gasteiger partial charge in [0.05, 0.1) is 38.6 Å². The minimum Gasteiger partial charge on any atom is -0.493 e. The van der Waals surface area contributed by atoms with Gasteiger partial charge in [-0.2, -0.15) is 0 Å². The third kappa shape index (κ3) is 4.81. The van der Waals surface area contributed by atoms with Crippen LogP contribution in [-0.4, -0.2) is 81.1 Å². The van der Waals surface area contributed by atoms with E-state index in [9.17, 15) is 13.2 Å². The van der Waals surface area contributed by atoms with Gasteiger partial charge in [0, 0.05) is 18.7 Å². The largest absolute Gasteiger partial charge is 0.493 e. The number of carbonyl (C=O) groups is 1. The topological polar surface area (TPSA) is 121 Å². The molecule has 0 saturated carbocycles. The molecular formula is C18H23N3O7S2. The Labute approximate surface area is 178 Å². The van der Waals surface area contributed by atoms with Crippen molar-refractivity contribution in [1.82, 2.24) is 15.1 Å². The van der Waals surface area contributed by atoms with Crippen molar-refractivity contribution in [3.8, 4) is 28.7 Å². The highest BCUT2D eigenvalue weighted by molar-refractivity contribution is 7.99. The molecule has 1 saturated heterocycles. The summed E-state index contributed by atoms with van der Waals surface area (Å²) >= 11 is 1.09. The number of nitrogens with zero attached hydrogens (tertiary/aromatic N) is 3. The maximum absolute atomic E-state index is 12.4. The highest BCUT2D eigenvalue weighted by atomic mass is 32.2. The molecule has 2 aromatic rings. The number of thioether (sulfide) groups is 1. The molecule has 0 spiro atoms. The summed E-state index contributed by atoms with van der Waals surface area (Å²) in [7, 11) is 3.08. The van der Waals surface area contributed by atoms with E-state index in [1.165, 1.54) is 26.2 Å². The first-order chi connectivity index (χ1) is 14.3. The predicted molar refractivity (Wildman–Crippen MR) is 110 cm³/mol. The number of hydrogen-bond donors (Lipinski definition) is 0. The van der Waals surface area contributed by atoms with Crippen LogP contribution in [0.3, 0.4) is 0 Å². The van der Waals surface area contributed by atoms with Crippen LogP contribution in [0.15, 0.2) is 21.8 Å². The first kappa shape index (κ1) is 22.2. The molecule has 30 heavy (non-hydrogen) atoms. The summed E-state index contributed by atoms with van der Waals surface area (Å²) in [6.07, 6.45) is 0.459. The molecule has 1 aromatic heterocycles. The summed E-state index contributed by atoms with van der Waals surface area (Å²) in [6, 6.07) is 3.08. The van der Waals surface area contributed by atoms with Gasteiger partial charge < -0.3 is 23.5 Å². The Bertz CT molecular complexity index is 998. The Morgan fingerprint density at radius 3 is 2.40 bits per heavy atom. The zero-order valence-corrected chi connectivity index (χ0v) is 18.7. The number of methoxy groups -OCH3 is 3. The molecule has 1 atom stereocenters. The number of sulfone groups is 1. The van der Waals surface area contributed by atoms with Crippen molar-refractivity contribution in [2.45, 2.75) is 17.7 Å². The second kappa shape index (κ2) is 9.13. The molecule has 164 valence electrons. The number of amides is 1. The van der Waals surface area contributed by atoms with E-state index in [0.717, 1.165) is 11.8 Å². The van der Waals surface area contributed by atoms with E-state index in [2.05, 4.69) is 10.2 Å². The molecule has 0 unspecified atom stereocenters. The van der Waals surface area contributed by atoms with Gasteiger partial charge in [-0.1, -0.05) is 11.8 Å². The summed E-state index contributed by atoms with van der Waals surface area (Å²) in [4.78, 5) is 13.9. The van der Waals surface area contributed by atoms with Gasteiger partial charge in [-0.05, 0) is 18.6 Å². The van der Waals surface area contributed by atoms with Crippen molar-refractivity contribution in [1.29, 1.82) is 0 Å². The van der Waals surface area contributed by atoms with Gasteiger partial charge in [0.15, 0.2) is 21.3 Å². The quantitative estimate of drug-likeness (QED) is 0.539. The summed E-state index contributed by atoms with van der Waals surface area (Å²) in [5.41, 5.74) is 0.573. The highest BCUT2D eigenvalue weighted by Gasteiger charge is 2.32. The van der Waals surface area contributed by atoms with Crippen LogP contribution in [0.2, 0.25) is 0 Å². The van der Waals surface area contributed by atoms with E-state index in [1.54, 1.807) is 19.2 Å².